The summed E-state index contributed by atoms with van der Waals surface area (Å²) in [5.74, 6) is 0.885. The Hall–Kier alpha value is -1.26. The molecule has 0 aliphatic rings. The molecule has 0 aliphatic heterocycles. The Morgan fingerprint density at radius 1 is 1.29 bits per heavy atom. The van der Waals surface area contributed by atoms with Gasteiger partial charge in [0.2, 0.25) is 0 Å². The van der Waals surface area contributed by atoms with Crippen LogP contribution in [0, 0.1) is 0 Å². The quantitative estimate of drug-likeness (QED) is 0.615. The fourth-order valence-electron chi connectivity index (χ4n) is 1.48. The zero-order valence-electron chi connectivity index (χ0n) is 9.97. The summed E-state index contributed by atoms with van der Waals surface area (Å²) in [7, 11) is 4.03. The van der Waals surface area contributed by atoms with Crippen LogP contribution in [0.2, 0.25) is 0 Å². The van der Waals surface area contributed by atoms with E-state index in [1.54, 1.807) is 11.8 Å². The summed E-state index contributed by atoms with van der Waals surface area (Å²) in [6.45, 7) is 0.941. The lowest BCUT2D eigenvalue weighted by molar-refractivity contribution is 0.437. The maximum Gasteiger partial charge on any atom is 0.350 e. The Labute approximate surface area is 104 Å². The van der Waals surface area contributed by atoms with Crippen LogP contribution in [-0.2, 0) is 0 Å². The molecule has 1 aromatic carbocycles. The molecular weight excluding hydrogens is 234 g/mol. The van der Waals surface area contributed by atoms with Crippen molar-refractivity contribution < 1.29 is 4.42 Å². The largest absolute Gasteiger partial charge is 0.422 e. The van der Waals surface area contributed by atoms with E-state index in [-0.39, 0.29) is 5.63 Å². The van der Waals surface area contributed by atoms with E-state index in [1.807, 2.05) is 44.4 Å². The monoisotopic (exact) mass is 249 g/mol. The van der Waals surface area contributed by atoms with E-state index < -0.39 is 0 Å². The van der Waals surface area contributed by atoms with Gasteiger partial charge in [0.15, 0.2) is 0 Å². The first-order valence-electron chi connectivity index (χ1n) is 5.47. The molecule has 0 unspecified atom stereocenters. The Balaban J connectivity index is 2.22. The third-order valence-corrected chi connectivity index (χ3v) is 3.39. The predicted molar refractivity (Wildman–Crippen MR) is 71.8 cm³/mol. The molecular formula is C13H15NO2S. The van der Waals surface area contributed by atoms with Crippen LogP contribution < -0.4 is 5.63 Å². The minimum Gasteiger partial charge on any atom is -0.422 e. The van der Waals surface area contributed by atoms with Crippen molar-refractivity contribution in [2.45, 2.75) is 4.90 Å². The molecule has 0 saturated heterocycles. The minimum absolute atomic E-state index is 0.243. The molecule has 0 amide bonds. The van der Waals surface area contributed by atoms with Crippen LogP contribution in [0.5, 0.6) is 0 Å². The number of rotatable bonds is 4. The van der Waals surface area contributed by atoms with E-state index in [0.29, 0.717) is 10.5 Å². The lowest BCUT2D eigenvalue weighted by atomic mass is 10.2. The van der Waals surface area contributed by atoms with Crippen LogP contribution >= 0.6 is 11.8 Å². The van der Waals surface area contributed by atoms with E-state index in [2.05, 4.69) is 4.90 Å². The van der Waals surface area contributed by atoms with Gasteiger partial charge in [-0.1, -0.05) is 18.2 Å². The second kappa shape index (κ2) is 5.38. The van der Waals surface area contributed by atoms with E-state index >= 15 is 0 Å². The summed E-state index contributed by atoms with van der Waals surface area (Å²) in [5.41, 5.74) is 0.405. The molecule has 0 radical (unpaired) electrons. The number of para-hydroxylation sites is 1. The molecule has 0 bridgehead atoms. The van der Waals surface area contributed by atoms with Gasteiger partial charge in [-0.15, -0.1) is 11.8 Å². The van der Waals surface area contributed by atoms with Gasteiger partial charge in [-0.2, -0.15) is 0 Å². The lowest BCUT2D eigenvalue weighted by Gasteiger charge is -2.08. The van der Waals surface area contributed by atoms with Gasteiger partial charge in [-0.25, -0.2) is 4.79 Å². The molecule has 0 spiro atoms. The topological polar surface area (TPSA) is 33.5 Å². The second-order valence-corrected chi connectivity index (χ2v) is 5.22. The van der Waals surface area contributed by atoms with Crippen molar-refractivity contribution in [1.82, 2.24) is 4.90 Å². The Bertz CT molecular complexity index is 563. The third kappa shape index (κ3) is 3.11. The Kier molecular flexibility index (Phi) is 3.86. The molecule has 4 heteroatoms. The number of thioether (sulfide) groups is 1. The summed E-state index contributed by atoms with van der Waals surface area (Å²) < 4.78 is 5.26. The van der Waals surface area contributed by atoms with E-state index in [4.69, 9.17) is 4.42 Å². The number of hydrogen-bond acceptors (Lipinski definition) is 4. The van der Waals surface area contributed by atoms with Crippen LogP contribution in [0.25, 0.3) is 11.0 Å². The van der Waals surface area contributed by atoms with Crippen molar-refractivity contribution >= 4 is 22.7 Å². The molecule has 2 rings (SSSR count). The minimum atomic E-state index is -0.243. The number of benzene rings is 1. The van der Waals surface area contributed by atoms with Crippen molar-refractivity contribution in [3.8, 4) is 0 Å². The summed E-state index contributed by atoms with van der Waals surface area (Å²) in [6, 6.07) is 9.47. The first kappa shape index (κ1) is 12.2. The van der Waals surface area contributed by atoms with E-state index in [0.717, 1.165) is 17.7 Å². The summed E-state index contributed by atoms with van der Waals surface area (Å²) in [4.78, 5) is 14.5. The van der Waals surface area contributed by atoms with Crippen molar-refractivity contribution in [1.29, 1.82) is 0 Å². The third-order valence-electron chi connectivity index (χ3n) is 2.41. The number of hydrogen-bond donors (Lipinski definition) is 0. The first-order valence-corrected chi connectivity index (χ1v) is 6.46. The van der Waals surface area contributed by atoms with Crippen LogP contribution in [0.1, 0.15) is 0 Å². The molecule has 0 saturated carbocycles. The zero-order chi connectivity index (χ0) is 12.3. The van der Waals surface area contributed by atoms with Gasteiger partial charge >= 0.3 is 5.63 Å². The molecule has 0 atom stereocenters. The highest BCUT2D eigenvalue weighted by Crippen LogP contribution is 2.19. The molecule has 0 aliphatic carbocycles. The van der Waals surface area contributed by atoms with Crippen molar-refractivity contribution in [2.75, 3.05) is 26.4 Å². The van der Waals surface area contributed by atoms with Gasteiger partial charge in [0, 0.05) is 17.7 Å². The fourth-order valence-corrected chi connectivity index (χ4v) is 2.53. The highest BCUT2D eigenvalue weighted by atomic mass is 32.2. The Morgan fingerprint density at radius 2 is 2.06 bits per heavy atom. The Morgan fingerprint density at radius 3 is 2.82 bits per heavy atom. The van der Waals surface area contributed by atoms with Crippen LogP contribution in [-0.4, -0.2) is 31.3 Å². The van der Waals surface area contributed by atoms with Crippen LogP contribution in [0.3, 0.4) is 0 Å². The second-order valence-electron chi connectivity index (χ2n) is 4.09. The molecule has 0 N–H and O–H groups in total. The highest BCUT2D eigenvalue weighted by Gasteiger charge is 2.05. The van der Waals surface area contributed by atoms with Gasteiger partial charge in [0.1, 0.15) is 5.58 Å². The SMILES string of the molecule is CN(C)CCSc1cc2ccccc2oc1=O. The van der Waals surface area contributed by atoms with Crippen molar-refractivity contribution in [3.05, 3.63) is 40.8 Å². The zero-order valence-corrected chi connectivity index (χ0v) is 10.8. The maximum atomic E-state index is 11.7. The standard InChI is InChI=1S/C13H15NO2S/c1-14(2)7-8-17-12-9-10-5-3-4-6-11(10)16-13(12)15/h3-6,9H,7-8H2,1-2H3. The van der Waals surface area contributed by atoms with Crippen molar-refractivity contribution in [3.63, 3.8) is 0 Å². The maximum absolute atomic E-state index is 11.7. The summed E-state index contributed by atoms with van der Waals surface area (Å²) in [6.07, 6.45) is 0. The molecule has 1 aromatic heterocycles. The number of fused-ring (bicyclic) bond motifs is 1. The van der Waals surface area contributed by atoms with Gasteiger partial charge < -0.3 is 9.32 Å². The van der Waals surface area contributed by atoms with Gasteiger partial charge in [0.25, 0.3) is 0 Å². The van der Waals surface area contributed by atoms with Gasteiger partial charge in [-0.3, -0.25) is 0 Å². The van der Waals surface area contributed by atoms with E-state index in [1.165, 1.54) is 0 Å². The smallest absolute Gasteiger partial charge is 0.350 e. The van der Waals surface area contributed by atoms with Gasteiger partial charge in [-0.05, 0) is 26.2 Å². The lowest BCUT2D eigenvalue weighted by Crippen LogP contribution is -2.15. The normalized spacial score (nSPS) is 11.2. The summed E-state index contributed by atoms with van der Waals surface area (Å²) >= 11 is 1.54. The molecule has 90 valence electrons. The molecule has 1 heterocycles. The molecule has 3 nitrogen and oxygen atoms in total. The van der Waals surface area contributed by atoms with Gasteiger partial charge in [0.05, 0.1) is 4.90 Å². The summed E-state index contributed by atoms with van der Waals surface area (Å²) in [5, 5.41) is 0.972. The highest BCUT2D eigenvalue weighted by molar-refractivity contribution is 7.99. The van der Waals surface area contributed by atoms with Crippen molar-refractivity contribution in [2.24, 2.45) is 0 Å². The van der Waals surface area contributed by atoms with E-state index in [9.17, 15) is 4.79 Å². The number of nitrogens with zero attached hydrogens (tertiary/aromatic N) is 1. The average molecular weight is 249 g/mol. The molecule has 17 heavy (non-hydrogen) atoms. The predicted octanol–water partition coefficient (Wildman–Crippen LogP) is 2.45. The average Bonchev–Trinajstić information content (AvgIpc) is 2.29. The van der Waals surface area contributed by atoms with Crippen LogP contribution in [0.4, 0.5) is 0 Å². The molecule has 2 aromatic rings. The molecule has 0 fully saturated rings. The van der Waals surface area contributed by atoms with Crippen LogP contribution in [0.15, 0.2) is 44.4 Å². The first-order chi connectivity index (χ1) is 8.16. The fraction of sp³-hybridized carbons (Fsp3) is 0.308.